The summed E-state index contributed by atoms with van der Waals surface area (Å²) in [5, 5.41) is 7.04. The van der Waals surface area contributed by atoms with E-state index in [-0.39, 0.29) is 17.9 Å². The molecule has 0 spiro atoms. The third-order valence-corrected chi connectivity index (χ3v) is 3.94. The molecule has 114 valence electrons. The number of nitrogens with two attached hydrogens (primary N) is 1. The Morgan fingerprint density at radius 1 is 1.57 bits per heavy atom. The Balaban J connectivity index is 1.91. The lowest BCUT2D eigenvalue weighted by Gasteiger charge is -2.16. The molecule has 2 rings (SSSR count). The first-order valence-corrected chi connectivity index (χ1v) is 7.49. The summed E-state index contributed by atoms with van der Waals surface area (Å²) in [4.78, 5) is 15.4. The molecule has 1 aliphatic rings. The summed E-state index contributed by atoms with van der Waals surface area (Å²) >= 11 is 12.0. The van der Waals surface area contributed by atoms with Gasteiger partial charge in [0.2, 0.25) is 5.91 Å². The van der Waals surface area contributed by atoms with Gasteiger partial charge in [-0.05, 0) is 24.6 Å². The minimum absolute atomic E-state index is 0.0723. The smallest absolute Gasteiger partial charge is 0.220 e. The van der Waals surface area contributed by atoms with E-state index in [1.165, 1.54) is 0 Å². The number of rotatable bonds is 4. The second-order valence-electron chi connectivity index (χ2n) is 5.13. The molecule has 4 N–H and O–H groups in total. The van der Waals surface area contributed by atoms with Crippen molar-refractivity contribution < 1.29 is 4.79 Å². The molecule has 2 unspecified atom stereocenters. The van der Waals surface area contributed by atoms with Crippen molar-refractivity contribution in [3.63, 3.8) is 0 Å². The molecule has 1 aromatic carbocycles. The number of nitrogens with zero attached hydrogens (tertiary/aromatic N) is 1. The maximum atomic E-state index is 11.1. The lowest BCUT2D eigenvalue weighted by molar-refractivity contribution is -0.119. The zero-order valence-corrected chi connectivity index (χ0v) is 13.2. The molecule has 0 radical (unpaired) electrons. The van der Waals surface area contributed by atoms with Crippen LogP contribution in [-0.2, 0) is 4.79 Å². The minimum Gasteiger partial charge on any atom is -0.370 e. The first kappa shape index (κ1) is 15.9. The normalized spacial score (nSPS) is 20.2. The topological polar surface area (TPSA) is 79.5 Å². The Morgan fingerprint density at radius 2 is 2.33 bits per heavy atom. The molecule has 1 aromatic rings. The highest BCUT2D eigenvalue weighted by Crippen LogP contribution is 2.25. The summed E-state index contributed by atoms with van der Waals surface area (Å²) in [7, 11) is 0. The van der Waals surface area contributed by atoms with Crippen LogP contribution in [0, 0.1) is 5.92 Å². The van der Waals surface area contributed by atoms with Gasteiger partial charge in [0.25, 0.3) is 0 Å². The molecule has 1 aliphatic heterocycles. The van der Waals surface area contributed by atoms with Crippen LogP contribution in [0.1, 0.15) is 24.9 Å². The van der Waals surface area contributed by atoms with Crippen LogP contribution in [0.4, 0.5) is 0 Å². The molecule has 7 heteroatoms. The van der Waals surface area contributed by atoms with Crippen molar-refractivity contribution >= 4 is 35.1 Å². The second-order valence-corrected chi connectivity index (χ2v) is 5.98. The number of hydrogen-bond donors (Lipinski definition) is 3. The Labute approximate surface area is 133 Å². The predicted molar refractivity (Wildman–Crippen MR) is 85.6 cm³/mol. The van der Waals surface area contributed by atoms with Gasteiger partial charge in [-0.15, -0.1) is 0 Å². The van der Waals surface area contributed by atoms with E-state index in [4.69, 9.17) is 28.9 Å². The lowest BCUT2D eigenvalue weighted by Crippen LogP contribution is -2.34. The van der Waals surface area contributed by atoms with Crippen LogP contribution >= 0.6 is 23.2 Å². The van der Waals surface area contributed by atoms with Gasteiger partial charge in [0.15, 0.2) is 5.96 Å². The standard InChI is InChI=1S/C14H18Cl2N4O/c1-8(11-3-2-10(15)5-12(11)16)20-14(17)19-7-9-4-13(21)18-6-9/h2-3,5,8-9H,4,6-7H2,1H3,(H,18,21)(H3,17,19,20). The first-order valence-electron chi connectivity index (χ1n) is 6.74. The number of halogens is 2. The van der Waals surface area contributed by atoms with E-state index in [0.717, 1.165) is 5.56 Å². The van der Waals surface area contributed by atoms with Gasteiger partial charge in [-0.1, -0.05) is 29.3 Å². The van der Waals surface area contributed by atoms with Crippen LogP contribution in [0.2, 0.25) is 10.0 Å². The SMILES string of the molecule is CC(NC(N)=NCC1CNC(=O)C1)c1ccc(Cl)cc1Cl. The van der Waals surface area contributed by atoms with Gasteiger partial charge < -0.3 is 16.4 Å². The Morgan fingerprint density at radius 3 is 2.95 bits per heavy atom. The summed E-state index contributed by atoms with van der Waals surface area (Å²) in [6.45, 7) is 3.13. The molecule has 0 aromatic heterocycles. The van der Waals surface area contributed by atoms with Crippen molar-refractivity contribution in [2.75, 3.05) is 13.1 Å². The zero-order valence-electron chi connectivity index (χ0n) is 11.7. The van der Waals surface area contributed by atoms with Gasteiger partial charge in [-0.2, -0.15) is 0 Å². The average Bonchev–Trinajstić information content (AvgIpc) is 2.82. The van der Waals surface area contributed by atoms with Crippen LogP contribution in [-0.4, -0.2) is 25.0 Å². The molecule has 0 bridgehead atoms. The van der Waals surface area contributed by atoms with Gasteiger partial charge in [0.1, 0.15) is 0 Å². The predicted octanol–water partition coefficient (Wildman–Crippen LogP) is 2.09. The number of benzene rings is 1. The summed E-state index contributed by atoms with van der Waals surface area (Å²) in [6.07, 6.45) is 0.509. The molecule has 2 atom stereocenters. The van der Waals surface area contributed by atoms with E-state index in [9.17, 15) is 4.79 Å². The van der Waals surface area contributed by atoms with Crippen LogP contribution in [0.15, 0.2) is 23.2 Å². The summed E-state index contributed by atoms with van der Waals surface area (Å²) < 4.78 is 0. The molecule has 1 amide bonds. The monoisotopic (exact) mass is 328 g/mol. The van der Waals surface area contributed by atoms with Gasteiger partial charge >= 0.3 is 0 Å². The highest BCUT2D eigenvalue weighted by Gasteiger charge is 2.21. The zero-order chi connectivity index (χ0) is 15.4. The fraction of sp³-hybridized carbons (Fsp3) is 0.429. The number of hydrogen-bond acceptors (Lipinski definition) is 2. The maximum Gasteiger partial charge on any atom is 0.220 e. The van der Waals surface area contributed by atoms with Gasteiger partial charge in [0.05, 0.1) is 6.04 Å². The summed E-state index contributed by atoms with van der Waals surface area (Å²) in [5.41, 5.74) is 6.77. The van der Waals surface area contributed by atoms with E-state index in [2.05, 4.69) is 15.6 Å². The van der Waals surface area contributed by atoms with E-state index < -0.39 is 0 Å². The molecular weight excluding hydrogens is 311 g/mol. The summed E-state index contributed by atoms with van der Waals surface area (Å²) in [6, 6.07) is 5.25. The van der Waals surface area contributed by atoms with Gasteiger partial charge in [-0.25, -0.2) is 0 Å². The van der Waals surface area contributed by atoms with E-state index in [1.807, 2.05) is 13.0 Å². The third-order valence-electron chi connectivity index (χ3n) is 3.38. The number of carbonyl (C=O) groups is 1. The van der Waals surface area contributed by atoms with Crippen LogP contribution in [0.3, 0.4) is 0 Å². The Kier molecular flexibility index (Phi) is 5.31. The Bertz CT molecular complexity index is 562. The van der Waals surface area contributed by atoms with Crippen molar-refractivity contribution in [3.05, 3.63) is 33.8 Å². The number of aliphatic imine (C=N–C) groups is 1. The average molecular weight is 329 g/mol. The fourth-order valence-corrected chi connectivity index (χ4v) is 2.79. The van der Waals surface area contributed by atoms with Crippen molar-refractivity contribution in [1.29, 1.82) is 0 Å². The largest absolute Gasteiger partial charge is 0.370 e. The lowest BCUT2D eigenvalue weighted by atomic mass is 10.1. The second kappa shape index (κ2) is 7.00. The van der Waals surface area contributed by atoms with E-state index in [1.54, 1.807) is 12.1 Å². The van der Waals surface area contributed by atoms with Crippen molar-refractivity contribution in [2.45, 2.75) is 19.4 Å². The number of nitrogens with one attached hydrogen (secondary N) is 2. The van der Waals surface area contributed by atoms with Crippen molar-refractivity contribution in [1.82, 2.24) is 10.6 Å². The molecule has 0 saturated carbocycles. The minimum atomic E-state index is -0.0816. The Hall–Kier alpha value is -1.46. The quantitative estimate of drug-likeness (QED) is 0.585. The van der Waals surface area contributed by atoms with Crippen LogP contribution in [0.25, 0.3) is 0 Å². The van der Waals surface area contributed by atoms with E-state index in [0.29, 0.717) is 35.5 Å². The maximum absolute atomic E-state index is 11.1. The third kappa shape index (κ3) is 4.51. The molecule has 21 heavy (non-hydrogen) atoms. The highest BCUT2D eigenvalue weighted by atomic mass is 35.5. The molecule has 0 aliphatic carbocycles. The number of amides is 1. The van der Waals surface area contributed by atoms with Crippen LogP contribution < -0.4 is 16.4 Å². The highest BCUT2D eigenvalue weighted by molar-refractivity contribution is 6.35. The van der Waals surface area contributed by atoms with Gasteiger partial charge in [-0.3, -0.25) is 9.79 Å². The first-order chi connectivity index (χ1) is 9.95. The number of carbonyl (C=O) groups excluding carboxylic acids is 1. The molecular formula is C14H18Cl2N4O. The number of guanidine groups is 1. The molecule has 1 saturated heterocycles. The molecule has 1 fully saturated rings. The fourth-order valence-electron chi connectivity index (χ4n) is 2.22. The van der Waals surface area contributed by atoms with Crippen molar-refractivity contribution in [3.8, 4) is 0 Å². The molecule has 5 nitrogen and oxygen atoms in total. The van der Waals surface area contributed by atoms with Crippen molar-refractivity contribution in [2.24, 2.45) is 16.6 Å². The summed E-state index contributed by atoms with van der Waals surface area (Å²) in [5.74, 6) is 0.628. The van der Waals surface area contributed by atoms with Gasteiger partial charge in [0, 0.05) is 35.5 Å². The molecule has 1 heterocycles. The van der Waals surface area contributed by atoms with Crippen LogP contribution in [0.5, 0.6) is 0 Å². The van der Waals surface area contributed by atoms with E-state index >= 15 is 0 Å².